The number of amides is 2. The number of ether oxygens (including phenoxy) is 1. The van der Waals surface area contributed by atoms with Crippen LogP contribution in [-0.4, -0.2) is 45.2 Å². The first-order valence-corrected chi connectivity index (χ1v) is 18.0. The molecule has 2 unspecified atom stereocenters. The summed E-state index contributed by atoms with van der Waals surface area (Å²) >= 11 is 0. The number of aliphatic carboxylic acids is 1. The van der Waals surface area contributed by atoms with E-state index in [2.05, 4.69) is 47.7 Å². The Bertz CT molecular complexity index is 1630. The van der Waals surface area contributed by atoms with Crippen molar-refractivity contribution < 1.29 is 24.2 Å². The molecule has 1 heterocycles. The number of allylic oxidation sites excluding steroid dienone is 4. The number of carboxylic acid groups (broad SMARTS) is 1. The van der Waals surface area contributed by atoms with Crippen LogP contribution in [0.1, 0.15) is 97.6 Å². The van der Waals surface area contributed by atoms with Crippen LogP contribution >= 0.6 is 0 Å². The van der Waals surface area contributed by atoms with Crippen molar-refractivity contribution in [2.24, 2.45) is 34.5 Å². The van der Waals surface area contributed by atoms with Crippen LogP contribution in [0.25, 0.3) is 5.57 Å². The molecule has 8 atom stereocenters. The Kier molecular flexibility index (Phi) is 9.31. The fourth-order valence-electron chi connectivity index (χ4n) is 9.87. The molecule has 4 aliphatic carbocycles. The Hall–Kier alpha value is -3.94. The van der Waals surface area contributed by atoms with Crippen molar-refractivity contribution in [3.05, 3.63) is 83.7 Å². The minimum Gasteiger partial charge on any atom is -0.480 e. The van der Waals surface area contributed by atoms with Gasteiger partial charge in [0.1, 0.15) is 17.2 Å². The minimum atomic E-state index is -1.51. The number of nitrogens with zero attached hydrogens (tertiary/aromatic N) is 1. The van der Waals surface area contributed by atoms with E-state index in [1.54, 1.807) is 27.7 Å². The largest absolute Gasteiger partial charge is 0.480 e. The molecule has 49 heavy (non-hydrogen) atoms. The maximum absolute atomic E-state index is 13.9. The van der Waals surface area contributed by atoms with Gasteiger partial charge in [-0.2, -0.15) is 0 Å². The average Bonchev–Trinajstić information content (AvgIpc) is 3.41. The highest BCUT2D eigenvalue weighted by Crippen LogP contribution is 2.66. The topological polar surface area (TPSA) is 118 Å². The summed E-state index contributed by atoms with van der Waals surface area (Å²) < 4.78 is 5.46. The summed E-state index contributed by atoms with van der Waals surface area (Å²) in [5, 5.41) is 16.3. The van der Waals surface area contributed by atoms with Crippen molar-refractivity contribution >= 4 is 23.5 Å². The Labute approximate surface area is 291 Å². The highest BCUT2D eigenvalue weighted by atomic mass is 16.6. The van der Waals surface area contributed by atoms with Crippen LogP contribution in [-0.2, 0) is 20.7 Å². The highest BCUT2D eigenvalue weighted by molar-refractivity contribution is 5.91. The Morgan fingerprint density at radius 1 is 0.959 bits per heavy atom. The summed E-state index contributed by atoms with van der Waals surface area (Å²) in [6.07, 6.45) is 14.8. The molecule has 0 aliphatic heterocycles. The lowest BCUT2D eigenvalue weighted by Crippen LogP contribution is -2.63. The van der Waals surface area contributed by atoms with Crippen molar-refractivity contribution in [2.45, 2.75) is 110 Å². The normalized spacial score (nSPS) is 31.0. The molecular weight excluding hydrogens is 614 g/mol. The quantitative estimate of drug-likeness (QED) is 0.248. The molecule has 0 radical (unpaired) electrons. The van der Waals surface area contributed by atoms with Crippen molar-refractivity contribution in [3.8, 4) is 0 Å². The molecule has 2 amide bonds. The van der Waals surface area contributed by atoms with Gasteiger partial charge in [-0.3, -0.25) is 9.78 Å². The van der Waals surface area contributed by atoms with Crippen LogP contribution in [0.5, 0.6) is 0 Å². The molecule has 2 saturated carbocycles. The molecule has 2 aromatic rings. The lowest BCUT2D eigenvalue weighted by molar-refractivity contribution is -0.150. The number of carbonyl (C=O) groups is 3. The second kappa shape index (κ2) is 13.1. The van der Waals surface area contributed by atoms with Gasteiger partial charge in [0.25, 0.3) is 0 Å². The van der Waals surface area contributed by atoms with E-state index in [1.165, 1.54) is 16.7 Å². The average molecular weight is 668 g/mol. The van der Waals surface area contributed by atoms with E-state index in [4.69, 9.17) is 4.74 Å². The monoisotopic (exact) mass is 667 g/mol. The fourth-order valence-corrected chi connectivity index (χ4v) is 9.87. The number of fused-ring (bicyclic) bond motifs is 5. The second-order valence-electron chi connectivity index (χ2n) is 16.6. The Morgan fingerprint density at radius 2 is 1.69 bits per heavy atom. The van der Waals surface area contributed by atoms with Gasteiger partial charge in [-0.25, -0.2) is 9.59 Å². The first-order valence-electron chi connectivity index (χ1n) is 18.0. The van der Waals surface area contributed by atoms with Crippen molar-refractivity contribution in [3.63, 3.8) is 0 Å². The summed E-state index contributed by atoms with van der Waals surface area (Å²) in [5.41, 5.74) is 2.77. The Balaban J connectivity index is 1.20. The van der Waals surface area contributed by atoms with E-state index >= 15 is 0 Å². The number of hydrogen-bond donors (Lipinski definition) is 3. The minimum absolute atomic E-state index is 0.00926. The summed E-state index contributed by atoms with van der Waals surface area (Å²) in [5.74, 6) is -0.174. The van der Waals surface area contributed by atoms with E-state index in [0.29, 0.717) is 30.6 Å². The molecule has 6 rings (SSSR count). The molecule has 0 bridgehead atoms. The number of aromatic nitrogens is 1. The summed E-state index contributed by atoms with van der Waals surface area (Å²) in [6, 6.07) is 12.6. The third-order valence-corrected chi connectivity index (χ3v) is 12.6. The van der Waals surface area contributed by atoms with Gasteiger partial charge >= 0.3 is 12.1 Å². The first kappa shape index (κ1) is 34.9. The van der Waals surface area contributed by atoms with Crippen molar-refractivity contribution in [2.75, 3.05) is 0 Å². The fraction of sp³-hybridized carbons (Fsp3) is 0.561. The number of carbonyl (C=O) groups excluding carboxylic acids is 2. The number of hydrogen-bond acceptors (Lipinski definition) is 5. The maximum Gasteiger partial charge on any atom is 0.408 e. The van der Waals surface area contributed by atoms with Crippen LogP contribution in [0, 0.1) is 34.5 Å². The predicted octanol–water partition coefficient (Wildman–Crippen LogP) is 7.75. The SMILES string of the molecule is CC(C)(C)OC(=O)NC(Cc1ccccc1)C(=O)NC(C)(C(=O)O)[C@H]1CC[C@@]2(C)C(=CC[C@@H]3[C@@H]2CC[C@]2(C)C(c4cccnc4)=CC[C@@H]32)C1. The summed E-state index contributed by atoms with van der Waals surface area (Å²) in [6.45, 7) is 11.8. The third kappa shape index (κ3) is 6.68. The van der Waals surface area contributed by atoms with Crippen LogP contribution in [0.2, 0.25) is 0 Å². The lowest BCUT2D eigenvalue weighted by atomic mass is 9.46. The van der Waals surface area contributed by atoms with Crippen LogP contribution in [0.3, 0.4) is 0 Å². The van der Waals surface area contributed by atoms with Gasteiger partial charge in [0, 0.05) is 18.8 Å². The third-order valence-electron chi connectivity index (χ3n) is 12.6. The number of alkyl carbamates (subject to hydrolysis) is 1. The molecule has 1 aromatic carbocycles. The molecule has 8 heteroatoms. The smallest absolute Gasteiger partial charge is 0.408 e. The zero-order chi connectivity index (χ0) is 35.2. The van der Waals surface area contributed by atoms with E-state index < -0.39 is 35.2 Å². The number of benzene rings is 1. The molecule has 4 aliphatic rings. The van der Waals surface area contributed by atoms with Gasteiger partial charge in [-0.15, -0.1) is 0 Å². The van der Waals surface area contributed by atoms with Crippen molar-refractivity contribution in [1.29, 1.82) is 0 Å². The molecular formula is C41H53N3O5. The molecule has 0 saturated heterocycles. The zero-order valence-electron chi connectivity index (χ0n) is 29.9. The van der Waals surface area contributed by atoms with Gasteiger partial charge in [-0.1, -0.05) is 68.0 Å². The van der Waals surface area contributed by atoms with Crippen molar-refractivity contribution in [1.82, 2.24) is 15.6 Å². The van der Waals surface area contributed by atoms with Gasteiger partial charge in [0.05, 0.1) is 0 Å². The van der Waals surface area contributed by atoms with E-state index in [9.17, 15) is 19.5 Å². The second-order valence-corrected chi connectivity index (χ2v) is 16.6. The van der Waals surface area contributed by atoms with E-state index in [-0.39, 0.29) is 23.2 Å². The number of nitrogens with one attached hydrogen (secondary N) is 2. The number of rotatable bonds is 8. The maximum atomic E-state index is 13.9. The Morgan fingerprint density at radius 3 is 2.37 bits per heavy atom. The van der Waals surface area contributed by atoms with E-state index in [1.807, 2.05) is 48.8 Å². The summed E-state index contributed by atoms with van der Waals surface area (Å²) in [4.78, 5) is 44.2. The summed E-state index contributed by atoms with van der Waals surface area (Å²) in [7, 11) is 0. The van der Waals surface area contributed by atoms with Gasteiger partial charge in [0.15, 0.2) is 0 Å². The zero-order valence-corrected chi connectivity index (χ0v) is 29.9. The predicted molar refractivity (Wildman–Crippen MR) is 190 cm³/mol. The first-order chi connectivity index (χ1) is 23.1. The molecule has 0 spiro atoms. The number of carboxylic acids is 1. The van der Waals surface area contributed by atoms with Gasteiger partial charge < -0.3 is 20.5 Å². The van der Waals surface area contributed by atoms with Crippen LogP contribution in [0.4, 0.5) is 4.79 Å². The molecule has 1 aromatic heterocycles. The molecule has 3 N–H and O–H groups in total. The van der Waals surface area contributed by atoms with Gasteiger partial charge in [0.2, 0.25) is 5.91 Å². The standard InChI is InChI=1S/C41H53N3O5/c1-38(2,3)49-37(48)43-34(23-26-11-8-7-9-12-26)35(45)44-41(6,36(46)47)29-18-20-39(4)28(24-29)14-15-30-32-17-16-31(27-13-10-22-42-25-27)40(32,5)21-19-33(30)39/h7-14,16,22,25,29-30,32-34H,15,17-21,23-24H2,1-6H3,(H,43,48)(H,44,45)(H,46,47)/t29-,30-,32-,33-,34?,39-,40+,41?/m0/s1. The molecule has 8 nitrogen and oxygen atoms in total. The van der Waals surface area contributed by atoms with Crippen LogP contribution in [0.15, 0.2) is 72.6 Å². The molecule has 2 fully saturated rings. The highest BCUT2D eigenvalue weighted by Gasteiger charge is 2.58. The lowest BCUT2D eigenvalue weighted by Gasteiger charge is -2.58. The molecule has 262 valence electrons. The van der Waals surface area contributed by atoms with Crippen LogP contribution < -0.4 is 10.6 Å². The number of pyridine rings is 1. The van der Waals surface area contributed by atoms with Gasteiger partial charge in [-0.05, 0) is 130 Å². The van der Waals surface area contributed by atoms with E-state index in [0.717, 1.165) is 37.7 Å².